The van der Waals surface area contributed by atoms with Crippen molar-refractivity contribution in [1.82, 2.24) is 0 Å². The normalized spacial score (nSPS) is 11.4. The molecule has 0 atom stereocenters. The minimum absolute atomic E-state index is 0.203. The lowest BCUT2D eigenvalue weighted by atomic mass is 9.83. The standard InChI is InChI=1S/C30H29O2P/c1-4-32-29(31)30(2,3)24-15-13-14-23(22-24)27-20-11-12-21-28(27)33(25-16-7-5-8-17-25)26-18-9-6-10-19-26/h5-22H,4H2,1-3H3. The van der Waals surface area contributed by atoms with Crippen LogP contribution in [0.5, 0.6) is 0 Å². The molecule has 0 aliphatic carbocycles. The second-order valence-corrected chi connectivity index (χ2v) is 10.6. The van der Waals surface area contributed by atoms with Crippen LogP contribution in [0.3, 0.4) is 0 Å². The number of hydrogen-bond acceptors (Lipinski definition) is 2. The fourth-order valence-electron chi connectivity index (χ4n) is 4.00. The van der Waals surface area contributed by atoms with E-state index in [0.717, 1.165) is 11.1 Å². The molecule has 0 fully saturated rings. The zero-order chi connectivity index (χ0) is 23.3. The number of rotatable bonds is 7. The Morgan fingerprint density at radius 2 is 1.33 bits per heavy atom. The molecule has 4 aromatic rings. The Balaban J connectivity index is 1.85. The van der Waals surface area contributed by atoms with E-state index < -0.39 is 13.3 Å². The summed E-state index contributed by atoms with van der Waals surface area (Å²) in [7, 11) is -0.738. The Bertz CT molecular complexity index is 1180. The molecule has 4 rings (SSSR count). The number of benzene rings is 4. The Labute approximate surface area is 198 Å². The Hall–Kier alpha value is -3.22. The maximum absolute atomic E-state index is 12.6. The molecule has 2 nitrogen and oxygen atoms in total. The molecule has 4 aromatic carbocycles. The average molecular weight is 453 g/mol. The fraction of sp³-hybridized carbons (Fsp3) is 0.167. The van der Waals surface area contributed by atoms with E-state index in [1.807, 2.05) is 32.9 Å². The Kier molecular flexibility index (Phi) is 7.06. The molecule has 0 heterocycles. The van der Waals surface area contributed by atoms with Crippen LogP contribution in [-0.2, 0) is 14.9 Å². The van der Waals surface area contributed by atoms with Crippen LogP contribution < -0.4 is 15.9 Å². The van der Waals surface area contributed by atoms with Gasteiger partial charge in [-0.1, -0.05) is 109 Å². The summed E-state index contributed by atoms with van der Waals surface area (Å²) in [5.74, 6) is -0.203. The lowest BCUT2D eigenvalue weighted by molar-refractivity contribution is -0.148. The highest BCUT2D eigenvalue weighted by Gasteiger charge is 2.31. The molecule has 0 saturated carbocycles. The first kappa shape index (κ1) is 23.0. The minimum Gasteiger partial charge on any atom is -0.465 e. The van der Waals surface area contributed by atoms with Crippen molar-refractivity contribution < 1.29 is 9.53 Å². The number of carbonyl (C=O) groups is 1. The van der Waals surface area contributed by atoms with Crippen LogP contribution in [0.15, 0.2) is 109 Å². The van der Waals surface area contributed by atoms with E-state index in [1.54, 1.807) is 0 Å². The fourth-order valence-corrected chi connectivity index (χ4v) is 6.47. The monoisotopic (exact) mass is 452 g/mol. The first-order valence-electron chi connectivity index (χ1n) is 11.3. The lowest BCUT2D eigenvalue weighted by Crippen LogP contribution is -2.31. The van der Waals surface area contributed by atoms with Gasteiger partial charge in [-0.3, -0.25) is 4.79 Å². The third-order valence-corrected chi connectivity index (χ3v) is 8.36. The van der Waals surface area contributed by atoms with E-state index in [0.29, 0.717) is 6.61 Å². The van der Waals surface area contributed by atoms with Crippen molar-refractivity contribution in [3.05, 3.63) is 115 Å². The van der Waals surface area contributed by atoms with Gasteiger partial charge < -0.3 is 4.74 Å². The van der Waals surface area contributed by atoms with Crippen LogP contribution in [-0.4, -0.2) is 12.6 Å². The van der Waals surface area contributed by atoms with E-state index in [4.69, 9.17) is 4.74 Å². The smallest absolute Gasteiger partial charge is 0.315 e. The molecular formula is C30H29O2P. The van der Waals surface area contributed by atoms with Crippen molar-refractivity contribution in [3.8, 4) is 11.1 Å². The highest BCUT2D eigenvalue weighted by molar-refractivity contribution is 7.80. The summed E-state index contributed by atoms with van der Waals surface area (Å²) < 4.78 is 5.35. The van der Waals surface area contributed by atoms with Crippen LogP contribution in [0.2, 0.25) is 0 Å². The molecule has 0 spiro atoms. The van der Waals surface area contributed by atoms with Gasteiger partial charge in [0.25, 0.3) is 0 Å². The van der Waals surface area contributed by atoms with Crippen molar-refractivity contribution >= 4 is 29.8 Å². The quantitative estimate of drug-likeness (QED) is 0.256. The second-order valence-electron chi connectivity index (χ2n) is 8.45. The molecule has 0 radical (unpaired) electrons. The Morgan fingerprint density at radius 3 is 1.94 bits per heavy atom. The molecule has 33 heavy (non-hydrogen) atoms. The molecular weight excluding hydrogens is 423 g/mol. The van der Waals surface area contributed by atoms with E-state index in [1.165, 1.54) is 21.5 Å². The molecule has 0 saturated heterocycles. The summed E-state index contributed by atoms with van der Waals surface area (Å²) >= 11 is 0. The number of carbonyl (C=O) groups excluding carboxylic acids is 1. The van der Waals surface area contributed by atoms with Gasteiger partial charge in [0, 0.05) is 0 Å². The third-order valence-electron chi connectivity index (χ3n) is 5.85. The first-order valence-corrected chi connectivity index (χ1v) is 12.6. The largest absolute Gasteiger partial charge is 0.465 e. The molecule has 3 heteroatoms. The lowest BCUT2D eigenvalue weighted by Gasteiger charge is -2.25. The van der Waals surface area contributed by atoms with Gasteiger partial charge in [-0.15, -0.1) is 0 Å². The highest BCUT2D eigenvalue weighted by atomic mass is 31.1. The van der Waals surface area contributed by atoms with E-state index in [9.17, 15) is 4.79 Å². The minimum atomic E-state index is -0.738. The molecule has 0 amide bonds. The number of hydrogen-bond donors (Lipinski definition) is 0. The van der Waals surface area contributed by atoms with Crippen molar-refractivity contribution in [3.63, 3.8) is 0 Å². The molecule has 0 N–H and O–H groups in total. The number of esters is 1. The van der Waals surface area contributed by atoms with Gasteiger partial charge in [-0.05, 0) is 61.3 Å². The molecule has 0 aliphatic rings. The average Bonchev–Trinajstić information content (AvgIpc) is 2.86. The molecule has 0 aliphatic heterocycles. The SMILES string of the molecule is CCOC(=O)C(C)(C)c1cccc(-c2ccccc2P(c2ccccc2)c2ccccc2)c1. The maximum Gasteiger partial charge on any atom is 0.315 e. The van der Waals surface area contributed by atoms with Gasteiger partial charge in [0.05, 0.1) is 12.0 Å². The second kappa shape index (κ2) is 10.1. The summed E-state index contributed by atoms with van der Waals surface area (Å²) in [6.45, 7) is 6.08. The van der Waals surface area contributed by atoms with Crippen LogP contribution in [0.4, 0.5) is 0 Å². The molecule has 166 valence electrons. The van der Waals surface area contributed by atoms with Crippen molar-refractivity contribution in [2.75, 3.05) is 6.61 Å². The van der Waals surface area contributed by atoms with Crippen LogP contribution in [0.1, 0.15) is 26.3 Å². The zero-order valence-corrected chi connectivity index (χ0v) is 20.3. The van der Waals surface area contributed by atoms with Crippen molar-refractivity contribution in [2.24, 2.45) is 0 Å². The summed E-state index contributed by atoms with van der Waals surface area (Å²) in [5, 5.41) is 3.93. The van der Waals surface area contributed by atoms with Gasteiger partial charge >= 0.3 is 5.97 Å². The predicted molar refractivity (Wildman–Crippen MR) is 140 cm³/mol. The highest BCUT2D eigenvalue weighted by Crippen LogP contribution is 2.38. The summed E-state index contributed by atoms with van der Waals surface area (Å²) in [6, 6.07) is 38.4. The summed E-state index contributed by atoms with van der Waals surface area (Å²) in [5.41, 5.74) is 2.54. The van der Waals surface area contributed by atoms with Crippen molar-refractivity contribution in [2.45, 2.75) is 26.2 Å². The van der Waals surface area contributed by atoms with Crippen LogP contribution in [0, 0.1) is 0 Å². The zero-order valence-electron chi connectivity index (χ0n) is 19.4. The topological polar surface area (TPSA) is 26.3 Å². The van der Waals surface area contributed by atoms with Gasteiger partial charge in [0.1, 0.15) is 0 Å². The van der Waals surface area contributed by atoms with Crippen LogP contribution in [0.25, 0.3) is 11.1 Å². The Morgan fingerprint density at radius 1 is 0.758 bits per heavy atom. The molecule has 0 aromatic heterocycles. The van der Waals surface area contributed by atoms with E-state index in [-0.39, 0.29) is 5.97 Å². The number of ether oxygens (including phenoxy) is 1. The molecule has 0 unspecified atom stereocenters. The van der Waals surface area contributed by atoms with Crippen molar-refractivity contribution in [1.29, 1.82) is 0 Å². The first-order chi connectivity index (χ1) is 16.0. The van der Waals surface area contributed by atoms with Gasteiger partial charge in [0.2, 0.25) is 0 Å². The summed E-state index contributed by atoms with van der Waals surface area (Å²) in [4.78, 5) is 12.6. The van der Waals surface area contributed by atoms with E-state index >= 15 is 0 Å². The predicted octanol–water partition coefficient (Wildman–Crippen LogP) is 5.95. The van der Waals surface area contributed by atoms with E-state index in [2.05, 4.69) is 97.1 Å². The third kappa shape index (κ3) is 4.92. The molecule has 0 bridgehead atoms. The van der Waals surface area contributed by atoms with Gasteiger partial charge in [0.15, 0.2) is 0 Å². The van der Waals surface area contributed by atoms with Gasteiger partial charge in [-0.2, -0.15) is 0 Å². The maximum atomic E-state index is 12.6. The summed E-state index contributed by atoms with van der Waals surface area (Å²) in [6.07, 6.45) is 0. The van der Waals surface area contributed by atoms with Gasteiger partial charge in [-0.25, -0.2) is 0 Å². The van der Waals surface area contributed by atoms with Crippen LogP contribution >= 0.6 is 7.92 Å².